The van der Waals surface area contributed by atoms with Gasteiger partial charge < -0.3 is 25.1 Å². The Balaban J connectivity index is 2.12. The molecule has 2 rings (SSSR count). The van der Waals surface area contributed by atoms with E-state index in [9.17, 15) is 4.79 Å². The van der Waals surface area contributed by atoms with Gasteiger partial charge in [-0.1, -0.05) is 12.1 Å². The zero-order valence-electron chi connectivity index (χ0n) is 12.1. The van der Waals surface area contributed by atoms with E-state index in [1.807, 2.05) is 0 Å². The van der Waals surface area contributed by atoms with Crippen LogP contribution < -0.4 is 15.2 Å². The molecule has 1 aliphatic heterocycles. The Bertz CT molecular complexity index is 485. The largest absolute Gasteiger partial charge is 0.493 e. The van der Waals surface area contributed by atoms with Crippen LogP contribution in [0.25, 0.3) is 0 Å². The number of hydrogen-bond donors (Lipinski definition) is 2. The summed E-state index contributed by atoms with van der Waals surface area (Å²) >= 11 is 0. The van der Waals surface area contributed by atoms with Crippen molar-refractivity contribution < 1.29 is 24.1 Å². The third-order valence-electron chi connectivity index (χ3n) is 3.47. The topological polar surface area (TPSA) is 91.0 Å². The van der Waals surface area contributed by atoms with Gasteiger partial charge >= 0.3 is 5.97 Å². The Kier molecular flexibility index (Phi) is 5.41. The van der Waals surface area contributed by atoms with Crippen molar-refractivity contribution in [2.45, 2.75) is 31.4 Å². The van der Waals surface area contributed by atoms with E-state index >= 15 is 0 Å². The number of hydrogen-bond acceptors (Lipinski definition) is 5. The van der Waals surface area contributed by atoms with Gasteiger partial charge in [0, 0.05) is 18.6 Å². The summed E-state index contributed by atoms with van der Waals surface area (Å²) in [4.78, 5) is 10.9. The van der Waals surface area contributed by atoms with Crippen LogP contribution in [0.5, 0.6) is 11.5 Å². The Morgan fingerprint density at radius 3 is 3.00 bits per heavy atom. The van der Waals surface area contributed by atoms with E-state index in [4.69, 9.17) is 25.1 Å². The maximum absolute atomic E-state index is 10.9. The summed E-state index contributed by atoms with van der Waals surface area (Å²) in [5.74, 6) is 0.0816. The highest BCUT2D eigenvalue weighted by atomic mass is 16.5. The van der Waals surface area contributed by atoms with Crippen LogP contribution in [0.2, 0.25) is 0 Å². The average Bonchev–Trinajstić information content (AvgIpc) is 2.98. The molecule has 1 fully saturated rings. The van der Waals surface area contributed by atoms with Crippen molar-refractivity contribution in [1.29, 1.82) is 0 Å². The summed E-state index contributed by atoms with van der Waals surface area (Å²) < 4.78 is 16.6. The lowest BCUT2D eigenvalue weighted by Gasteiger charge is -2.18. The van der Waals surface area contributed by atoms with E-state index in [0.29, 0.717) is 18.1 Å². The molecule has 0 amide bonds. The van der Waals surface area contributed by atoms with E-state index in [0.717, 1.165) is 25.0 Å². The van der Waals surface area contributed by atoms with Crippen molar-refractivity contribution in [3.63, 3.8) is 0 Å². The highest BCUT2D eigenvalue weighted by Crippen LogP contribution is 2.32. The molecule has 0 saturated carbocycles. The Labute approximate surface area is 123 Å². The molecular formula is C15H21NO5. The van der Waals surface area contributed by atoms with Gasteiger partial charge in [-0.25, -0.2) is 0 Å². The number of aliphatic carboxylic acids is 1. The molecule has 116 valence electrons. The van der Waals surface area contributed by atoms with Crippen molar-refractivity contribution in [3.05, 3.63) is 23.8 Å². The first-order valence-electron chi connectivity index (χ1n) is 7.00. The summed E-state index contributed by atoms with van der Waals surface area (Å²) in [5.41, 5.74) is 6.33. The number of carboxylic acid groups (broad SMARTS) is 1. The monoisotopic (exact) mass is 295 g/mol. The fraction of sp³-hybridized carbons (Fsp3) is 0.533. The molecule has 1 aromatic rings. The number of para-hydroxylation sites is 1. The van der Waals surface area contributed by atoms with Gasteiger partial charge in [0.1, 0.15) is 12.6 Å². The van der Waals surface area contributed by atoms with Crippen molar-refractivity contribution in [1.82, 2.24) is 0 Å². The second-order valence-electron chi connectivity index (χ2n) is 5.04. The maximum atomic E-state index is 10.9. The van der Waals surface area contributed by atoms with Gasteiger partial charge in [-0.05, 0) is 18.9 Å². The SMILES string of the molecule is COc1cccc(CC(N)C(=O)O)c1OCC1CCCO1. The van der Waals surface area contributed by atoms with E-state index < -0.39 is 12.0 Å². The zero-order chi connectivity index (χ0) is 15.2. The summed E-state index contributed by atoms with van der Waals surface area (Å²) in [6.07, 6.45) is 2.28. The first kappa shape index (κ1) is 15.6. The van der Waals surface area contributed by atoms with E-state index in [1.54, 1.807) is 25.3 Å². The smallest absolute Gasteiger partial charge is 0.320 e. The molecule has 0 spiro atoms. The lowest BCUT2D eigenvalue weighted by molar-refractivity contribution is -0.138. The molecule has 0 aliphatic carbocycles. The summed E-state index contributed by atoms with van der Waals surface area (Å²) in [7, 11) is 1.55. The normalized spacial score (nSPS) is 19.2. The molecule has 21 heavy (non-hydrogen) atoms. The number of methoxy groups -OCH3 is 1. The summed E-state index contributed by atoms with van der Waals surface area (Å²) in [5, 5.41) is 8.95. The molecule has 6 nitrogen and oxygen atoms in total. The van der Waals surface area contributed by atoms with Crippen molar-refractivity contribution >= 4 is 5.97 Å². The lowest BCUT2D eigenvalue weighted by atomic mass is 10.0. The maximum Gasteiger partial charge on any atom is 0.320 e. The van der Waals surface area contributed by atoms with Crippen molar-refractivity contribution in [3.8, 4) is 11.5 Å². The molecule has 0 radical (unpaired) electrons. The van der Waals surface area contributed by atoms with E-state index in [1.165, 1.54) is 0 Å². The first-order chi connectivity index (χ1) is 10.1. The molecule has 1 aliphatic rings. The first-order valence-corrected chi connectivity index (χ1v) is 7.00. The third kappa shape index (κ3) is 4.09. The number of nitrogens with two attached hydrogens (primary N) is 1. The fourth-order valence-corrected chi connectivity index (χ4v) is 2.32. The number of rotatable bonds is 7. The van der Waals surface area contributed by atoms with Crippen LogP contribution >= 0.6 is 0 Å². The minimum absolute atomic E-state index is 0.0795. The highest BCUT2D eigenvalue weighted by molar-refractivity contribution is 5.73. The van der Waals surface area contributed by atoms with Gasteiger partial charge in [0.25, 0.3) is 0 Å². The molecule has 1 saturated heterocycles. The van der Waals surface area contributed by atoms with Crippen LogP contribution in [0.1, 0.15) is 18.4 Å². The van der Waals surface area contributed by atoms with Crippen molar-refractivity contribution in [2.75, 3.05) is 20.3 Å². The van der Waals surface area contributed by atoms with Gasteiger partial charge in [0.05, 0.1) is 13.2 Å². The fourth-order valence-electron chi connectivity index (χ4n) is 2.32. The van der Waals surface area contributed by atoms with Gasteiger partial charge in [-0.2, -0.15) is 0 Å². The molecule has 2 unspecified atom stereocenters. The predicted molar refractivity (Wildman–Crippen MR) is 76.8 cm³/mol. The molecule has 2 atom stereocenters. The molecule has 0 bridgehead atoms. The molecule has 3 N–H and O–H groups in total. The Morgan fingerprint density at radius 2 is 2.38 bits per heavy atom. The Morgan fingerprint density at radius 1 is 1.57 bits per heavy atom. The molecule has 1 aromatic carbocycles. The number of carbonyl (C=O) groups is 1. The second-order valence-corrected chi connectivity index (χ2v) is 5.04. The summed E-state index contributed by atoms with van der Waals surface area (Å²) in [6, 6.07) is 4.40. The van der Waals surface area contributed by atoms with Gasteiger partial charge in [-0.15, -0.1) is 0 Å². The van der Waals surface area contributed by atoms with Crippen LogP contribution in [0, 0.1) is 0 Å². The standard InChI is InChI=1S/C15H21NO5/c1-19-13-6-2-4-10(8-12(16)15(17)18)14(13)21-9-11-5-3-7-20-11/h2,4,6,11-12H,3,5,7-9,16H2,1H3,(H,17,18). The third-order valence-corrected chi connectivity index (χ3v) is 3.47. The quantitative estimate of drug-likeness (QED) is 0.785. The minimum Gasteiger partial charge on any atom is -0.493 e. The average molecular weight is 295 g/mol. The van der Waals surface area contributed by atoms with Crippen LogP contribution in [0.3, 0.4) is 0 Å². The number of ether oxygens (including phenoxy) is 3. The predicted octanol–water partition coefficient (Wildman–Crippen LogP) is 1.21. The van der Waals surface area contributed by atoms with E-state index in [-0.39, 0.29) is 12.5 Å². The molecular weight excluding hydrogens is 274 g/mol. The zero-order valence-corrected chi connectivity index (χ0v) is 12.1. The van der Waals surface area contributed by atoms with E-state index in [2.05, 4.69) is 0 Å². The lowest BCUT2D eigenvalue weighted by Crippen LogP contribution is -2.32. The van der Waals surface area contributed by atoms with Crippen LogP contribution in [0.15, 0.2) is 18.2 Å². The second kappa shape index (κ2) is 7.28. The van der Waals surface area contributed by atoms with Crippen LogP contribution in [-0.4, -0.2) is 43.5 Å². The highest BCUT2D eigenvalue weighted by Gasteiger charge is 2.21. The van der Waals surface area contributed by atoms with Crippen molar-refractivity contribution in [2.24, 2.45) is 5.73 Å². The Hall–Kier alpha value is -1.79. The number of carboxylic acids is 1. The molecule has 0 aromatic heterocycles. The van der Waals surface area contributed by atoms with Gasteiger partial charge in [0.2, 0.25) is 0 Å². The van der Waals surface area contributed by atoms with Gasteiger partial charge in [-0.3, -0.25) is 4.79 Å². The molecule has 6 heteroatoms. The van der Waals surface area contributed by atoms with Crippen LogP contribution in [-0.2, 0) is 16.0 Å². The number of benzene rings is 1. The minimum atomic E-state index is -1.04. The van der Waals surface area contributed by atoms with Gasteiger partial charge in [0.15, 0.2) is 11.5 Å². The molecule has 1 heterocycles. The van der Waals surface area contributed by atoms with Crippen LogP contribution in [0.4, 0.5) is 0 Å². The summed E-state index contributed by atoms with van der Waals surface area (Å²) in [6.45, 7) is 1.19.